The molecule has 0 bridgehead atoms. The summed E-state index contributed by atoms with van der Waals surface area (Å²) in [5.41, 5.74) is 1.46. The third-order valence-electron chi connectivity index (χ3n) is 3.48. The third kappa shape index (κ3) is 3.04. The molecule has 8 heteroatoms. The molecule has 1 unspecified atom stereocenters. The summed E-state index contributed by atoms with van der Waals surface area (Å²) < 4.78 is 6.94. The Balaban J connectivity index is 2.05. The Bertz CT molecular complexity index is 871. The lowest BCUT2D eigenvalue weighted by Crippen LogP contribution is -2.44. The Hall–Kier alpha value is -3.00. The average molecular weight is 327 g/mol. The van der Waals surface area contributed by atoms with Crippen LogP contribution in [0.3, 0.4) is 0 Å². The largest absolute Gasteiger partial charge is 0.618 e. The number of hydrogen-bond acceptors (Lipinski definition) is 6. The van der Waals surface area contributed by atoms with Crippen LogP contribution >= 0.6 is 0 Å². The molecule has 2 heterocycles. The van der Waals surface area contributed by atoms with Crippen LogP contribution in [0.1, 0.15) is 24.5 Å². The monoisotopic (exact) mass is 327 g/mol. The van der Waals surface area contributed by atoms with Gasteiger partial charge in [0.1, 0.15) is 0 Å². The van der Waals surface area contributed by atoms with Crippen molar-refractivity contribution in [2.45, 2.75) is 20.1 Å². The zero-order chi connectivity index (χ0) is 17.1. The number of aromatic nitrogens is 4. The summed E-state index contributed by atoms with van der Waals surface area (Å²) in [5, 5.41) is 27.8. The molecule has 0 aliphatic carbocycles. The minimum Gasteiger partial charge on any atom is -0.618 e. The first-order valence-corrected chi connectivity index (χ1v) is 7.52. The van der Waals surface area contributed by atoms with E-state index in [9.17, 15) is 10.4 Å². The van der Waals surface area contributed by atoms with Crippen molar-refractivity contribution in [1.82, 2.24) is 9.97 Å². The standard InChI is InChI=1S/C16H17N5O3/c1-3-24-15(19-16-17-9-8-11(2)18-16)14-10-20(22)12-6-4-5-7-13(12)21(14)23/h4-10,15H,3H2,1-2H3,(H,17,18,19). The number of aryl methyl sites for hydroxylation is 1. The molecule has 24 heavy (non-hydrogen) atoms. The summed E-state index contributed by atoms with van der Waals surface area (Å²) in [5.74, 6) is 0.319. The molecule has 0 aliphatic rings. The predicted octanol–water partition coefficient (Wildman–Crippen LogP) is 1.35. The molecule has 0 saturated heterocycles. The second-order valence-electron chi connectivity index (χ2n) is 5.16. The highest BCUT2D eigenvalue weighted by Crippen LogP contribution is 2.17. The first-order valence-electron chi connectivity index (χ1n) is 7.52. The van der Waals surface area contributed by atoms with Crippen molar-refractivity contribution in [2.75, 3.05) is 11.9 Å². The summed E-state index contributed by atoms with van der Waals surface area (Å²) in [6.07, 6.45) is 1.96. The van der Waals surface area contributed by atoms with Crippen molar-refractivity contribution in [3.8, 4) is 0 Å². The van der Waals surface area contributed by atoms with Gasteiger partial charge in [-0.05, 0) is 19.9 Å². The van der Waals surface area contributed by atoms with Gasteiger partial charge in [0.2, 0.25) is 12.2 Å². The zero-order valence-electron chi connectivity index (χ0n) is 13.3. The van der Waals surface area contributed by atoms with Crippen LogP contribution in [-0.4, -0.2) is 16.6 Å². The maximum absolute atomic E-state index is 12.7. The summed E-state index contributed by atoms with van der Waals surface area (Å²) in [6, 6.07) is 8.35. The van der Waals surface area contributed by atoms with E-state index in [-0.39, 0.29) is 11.2 Å². The molecular formula is C16H17N5O3. The molecule has 1 aromatic carbocycles. The Morgan fingerprint density at radius 3 is 2.67 bits per heavy atom. The first kappa shape index (κ1) is 15.9. The Morgan fingerprint density at radius 2 is 1.96 bits per heavy atom. The molecule has 1 N–H and O–H groups in total. The van der Waals surface area contributed by atoms with Gasteiger partial charge in [-0.3, -0.25) is 0 Å². The molecule has 8 nitrogen and oxygen atoms in total. The van der Waals surface area contributed by atoms with E-state index in [1.807, 2.05) is 6.92 Å². The summed E-state index contributed by atoms with van der Waals surface area (Å²) in [7, 11) is 0. The van der Waals surface area contributed by atoms with Crippen LogP contribution in [0.2, 0.25) is 0 Å². The van der Waals surface area contributed by atoms with E-state index in [2.05, 4.69) is 15.3 Å². The van der Waals surface area contributed by atoms with Crippen LogP contribution in [-0.2, 0) is 4.74 Å². The minimum absolute atomic E-state index is 0.135. The van der Waals surface area contributed by atoms with Crippen molar-refractivity contribution in [3.05, 3.63) is 64.5 Å². The normalized spacial score (nSPS) is 12.2. The molecule has 0 radical (unpaired) electrons. The van der Waals surface area contributed by atoms with Crippen molar-refractivity contribution in [2.24, 2.45) is 0 Å². The van der Waals surface area contributed by atoms with Crippen molar-refractivity contribution in [3.63, 3.8) is 0 Å². The molecule has 3 rings (SSSR count). The lowest BCUT2D eigenvalue weighted by molar-refractivity contribution is -0.637. The second kappa shape index (κ2) is 6.63. The minimum atomic E-state index is -0.848. The van der Waals surface area contributed by atoms with Gasteiger partial charge in [0.15, 0.2) is 0 Å². The lowest BCUT2D eigenvalue weighted by atomic mass is 10.2. The predicted molar refractivity (Wildman–Crippen MR) is 86.6 cm³/mol. The SMILES string of the molecule is CCOC(Nc1nccc(C)n1)c1c[n+]([O-])c2ccccc2[n+]1[O-]. The van der Waals surface area contributed by atoms with Gasteiger partial charge in [-0.1, -0.05) is 12.1 Å². The van der Waals surface area contributed by atoms with Crippen molar-refractivity contribution < 1.29 is 14.2 Å². The van der Waals surface area contributed by atoms with Gasteiger partial charge in [0.05, 0.1) is 0 Å². The molecule has 0 amide bonds. The first-order chi connectivity index (χ1) is 11.6. The van der Waals surface area contributed by atoms with Gasteiger partial charge in [-0.15, -0.1) is 0 Å². The van der Waals surface area contributed by atoms with E-state index in [1.165, 1.54) is 6.20 Å². The highest BCUT2D eigenvalue weighted by molar-refractivity contribution is 5.67. The van der Waals surface area contributed by atoms with Crippen LogP contribution < -0.4 is 14.8 Å². The van der Waals surface area contributed by atoms with Gasteiger partial charge in [0.25, 0.3) is 17.2 Å². The van der Waals surface area contributed by atoms with Crippen LogP contribution in [0.25, 0.3) is 11.0 Å². The molecule has 2 aromatic heterocycles. The van der Waals surface area contributed by atoms with Gasteiger partial charge in [-0.25, -0.2) is 9.97 Å². The fourth-order valence-electron chi connectivity index (χ4n) is 2.38. The van der Waals surface area contributed by atoms with E-state index in [4.69, 9.17) is 4.74 Å². The number of nitrogens with zero attached hydrogens (tertiary/aromatic N) is 4. The highest BCUT2D eigenvalue weighted by Gasteiger charge is 2.28. The Labute approximate surface area is 138 Å². The summed E-state index contributed by atoms with van der Waals surface area (Å²) in [6.45, 7) is 3.97. The molecular weight excluding hydrogens is 310 g/mol. The second-order valence-corrected chi connectivity index (χ2v) is 5.16. The van der Waals surface area contributed by atoms with Gasteiger partial charge < -0.3 is 20.5 Å². The number of anilines is 1. The number of nitrogens with one attached hydrogen (secondary N) is 1. The highest BCUT2D eigenvalue weighted by atomic mass is 16.5. The molecule has 0 fully saturated rings. The number of rotatable bonds is 5. The number of fused-ring (bicyclic) bond motifs is 1. The lowest BCUT2D eigenvalue weighted by Gasteiger charge is -2.17. The van der Waals surface area contributed by atoms with Crippen LogP contribution in [0, 0.1) is 17.3 Å². The number of hydrogen-bond donors (Lipinski definition) is 1. The third-order valence-corrected chi connectivity index (χ3v) is 3.48. The summed E-state index contributed by atoms with van der Waals surface area (Å²) in [4.78, 5) is 8.34. The molecule has 1 atom stereocenters. The van der Waals surface area contributed by atoms with E-state index >= 15 is 0 Å². The van der Waals surface area contributed by atoms with E-state index in [1.54, 1.807) is 43.5 Å². The average Bonchev–Trinajstić information content (AvgIpc) is 2.58. The van der Waals surface area contributed by atoms with Crippen LogP contribution in [0.4, 0.5) is 5.95 Å². The van der Waals surface area contributed by atoms with Gasteiger partial charge in [0, 0.05) is 30.6 Å². The van der Waals surface area contributed by atoms with Crippen LogP contribution in [0.5, 0.6) is 0 Å². The number of ether oxygens (including phenoxy) is 1. The van der Waals surface area contributed by atoms with E-state index in [0.29, 0.717) is 27.5 Å². The smallest absolute Gasteiger partial charge is 0.308 e. The van der Waals surface area contributed by atoms with Crippen molar-refractivity contribution in [1.29, 1.82) is 0 Å². The molecule has 0 saturated carbocycles. The Kier molecular flexibility index (Phi) is 4.39. The van der Waals surface area contributed by atoms with Crippen molar-refractivity contribution >= 4 is 17.0 Å². The number of benzene rings is 1. The molecule has 124 valence electrons. The molecule has 0 aliphatic heterocycles. The van der Waals surface area contributed by atoms with E-state index < -0.39 is 6.23 Å². The van der Waals surface area contributed by atoms with Crippen LogP contribution in [0.15, 0.2) is 42.7 Å². The maximum atomic E-state index is 12.7. The topological polar surface area (TPSA) is 101 Å². The number of para-hydroxylation sites is 2. The quantitative estimate of drug-likeness (QED) is 0.431. The van der Waals surface area contributed by atoms with E-state index in [0.717, 1.165) is 5.69 Å². The fraction of sp³-hybridized carbons (Fsp3) is 0.250. The zero-order valence-corrected chi connectivity index (χ0v) is 13.3. The Morgan fingerprint density at radius 1 is 1.21 bits per heavy atom. The molecule has 0 spiro atoms. The molecule has 3 aromatic rings. The van der Waals surface area contributed by atoms with Gasteiger partial charge in [-0.2, -0.15) is 9.46 Å². The fourth-order valence-corrected chi connectivity index (χ4v) is 2.38. The maximum Gasteiger partial charge on any atom is 0.308 e. The summed E-state index contributed by atoms with van der Waals surface area (Å²) >= 11 is 0. The van der Waals surface area contributed by atoms with Gasteiger partial charge >= 0.3 is 5.69 Å².